The lowest BCUT2D eigenvalue weighted by molar-refractivity contribution is -0.138. The van der Waals surface area contributed by atoms with E-state index < -0.39 is 11.7 Å². The molecule has 0 saturated heterocycles. The first-order valence-electron chi connectivity index (χ1n) is 6.51. The van der Waals surface area contributed by atoms with Crippen molar-refractivity contribution in [1.29, 1.82) is 0 Å². The number of rotatable bonds is 5. The Morgan fingerprint density at radius 2 is 2.00 bits per heavy atom. The number of carbonyl (C=O) groups is 1. The third-order valence-corrected chi connectivity index (χ3v) is 3.40. The van der Waals surface area contributed by atoms with Gasteiger partial charge >= 0.3 is 6.18 Å². The van der Waals surface area contributed by atoms with Gasteiger partial charge in [-0.05, 0) is 24.5 Å². The topological polar surface area (TPSA) is 32.3 Å². The molecule has 20 heavy (non-hydrogen) atoms. The summed E-state index contributed by atoms with van der Waals surface area (Å²) < 4.78 is 38.3. The number of nitrogens with zero attached hydrogens (tertiary/aromatic N) is 1. The van der Waals surface area contributed by atoms with Gasteiger partial charge in [-0.15, -0.1) is 0 Å². The van der Waals surface area contributed by atoms with Crippen LogP contribution in [0.1, 0.15) is 24.0 Å². The molecule has 0 unspecified atom stereocenters. The third kappa shape index (κ3) is 3.72. The van der Waals surface area contributed by atoms with Crippen molar-refractivity contribution >= 4 is 5.91 Å². The number of halogens is 3. The SMILES string of the molecule is CN(C(=O)CNCc1ccccc1C(F)(F)F)C1CC1. The number of amides is 1. The molecule has 2 rings (SSSR count). The van der Waals surface area contributed by atoms with E-state index >= 15 is 0 Å². The van der Waals surface area contributed by atoms with Crippen molar-refractivity contribution in [2.75, 3.05) is 13.6 Å². The fourth-order valence-electron chi connectivity index (χ4n) is 2.05. The van der Waals surface area contributed by atoms with Gasteiger partial charge in [0.15, 0.2) is 0 Å². The Balaban J connectivity index is 1.89. The van der Waals surface area contributed by atoms with Crippen LogP contribution in [-0.2, 0) is 17.5 Å². The molecule has 1 saturated carbocycles. The maximum atomic E-state index is 12.8. The number of hydrogen-bond acceptors (Lipinski definition) is 2. The molecule has 0 aromatic heterocycles. The molecule has 1 N–H and O–H groups in total. The van der Waals surface area contributed by atoms with E-state index in [1.807, 2.05) is 0 Å². The minimum Gasteiger partial charge on any atom is -0.342 e. The minimum atomic E-state index is -4.37. The van der Waals surface area contributed by atoms with E-state index in [0.717, 1.165) is 18.9 Å². The molecule has 0 spiro atoms. The number of benzene rings is 1. The molecule has 3 nitrogen and oxygen atoms in total. The van der Waals surface area contributed by atoms with E-state index in [1.54, 1.807) is 18.0 Å². The Labute approximate surface area is 115 Å². The molecular formula is C14H17F3N2O. The molecule has 6 heteroatoms. The average Bonchev–Trinajstić information content (AvgIpc) is 3.21. The summed E-state index contributed by atoms with van der Waals surface area (Å²) in [7, 11) is 1.73. The van der Waals surface area contributed by atoms with Gasteiger partial charge in [-0.1, -0.05) is 18.2 Å². The highest BCUT2D eigenvalue weighted by Crippen LogP contribution is 2.31. The normalized spacial score (nSPS) is 15.2. The van der Waals surface area contributed by atoms with Crippen LogP contribution in [0.4, 0.5) is 13.2 Å². The fourth-order valence-corrected chi connectivity index (χ4v) is 2.05. The van der Waals surface area contributed by atoms with Crippen molar-refractivity contribution in [2.24, 2.45) is 0 Å². The van der Waals surface area contributed by atoms with Gasteiger partial charge in [-0.25, -0.2) is 0 Å². The summed E-state index contributed by atoms with van der Waals surface area (Å²) in [5.74, 6) is -0.0861. The Morgan fingerprint density at radius 3 is 2.60 bits per heavy atom. The molecule has 0 atom stereocenters. The van der Waals surface area contributed by atoms with Crippen molar-refractivity contribution in [3.63, 3.8) is 0 Å². The Bertz CT molecular complexity index is 484. The predicted molar refractivity (Wildman–Crippen MR) is 68.9 cm³/mol. The average molecular weight is 286 g/mol. The molecule has 1 aliphatic rings. The van der Waals surface area contributed by atoms with E-state index in [2.05, 4.69) is 5.32 Å². The van der Waals surface area contributed by atoms with Crippen LogP contribution >= 0.6 is 0 Å². The highest BCUT2D eigenvalue weighted by molar-refractivity contribution is 5.78. The van der Waals surface area contributed by atoms with Gasteiger partial charge in [0.2, 0.25) is 5.91 Å². The van der Waals surface area contributed by atoms with E-state index in [1.165, 1.54) is 12.1 Å². The Morgan fingerprint density at radius 1 is 1.35 bits per heavy atom. The second kappa shape index (κ2) is 5.83. The number of likely N-dealkylation sites (N-methyl/N-ethyl adjacent to an activating group) is 1. The molecule has 1 aromatic carbocycles. The predicted octanol–water partition coefficient (Wildman–Crippen LogP) is 2.42. The molecule has 1 aromatic rings. The van der Waals surface area contributed by atoms with E-state index in [-0.39, 0.29) is 24.6 Å². The summed E-state index contributed by atoms with van der Waals surface area (Å²) in [6.45, 7) is 0.0825. The highest BCUT2D eigenvalue weighted by atomic mass is 19.4. The largest absolute Gasteiger partial charge is 0.416 e. The van der Waals surface area contributed by atoms with Crippen LogP contribution < -0.4 is 5.32 Å². The molecule has 0 radical (unpaired) electrons. The first-order chi connectivity index (χ1) is 9.39. The van der Waals surface area contributed by atoms with Gasteiger partial charge in [0, 0.05) is 19.6 Å². The van der Waals surface area contributed by atoms with Gasteiger partial charge in [-0.2, -0.15) is 13.2 Å². The Hall–Kier alpha value is -1.56. The Kier molecular flexibility index (Phi) is 4.32. The molecular weight excluding hydrogens is 269 g/mol. The number of carbonyl (C=O) groups excluding carboxylic acids is 1. The van der Waals surface area contributed by atoms with Gasteiger partial charge in [0.05, 0.1) is 12.1 Å². The van der Waals surface area contributed by atoms with Gasteiger partial charge in [-0.3, -0.25) is 4.79 Å². The van der Waals surface area contributed by atoms with E-state index in [0.29, 0.717) is 6.04 Å². The number of nitrogens with one attached hydrogen (secondary N) is 1. The second-order valence-corrected chi connectivity index (χ2v) is 4.99. The molecule has 0 bridgehead atoms. The zero-order valence-electron chi connectivity index (χ0n) is 11.2. The quantitative estimate of drug-likeness (QED) is 0.901. The van der Waals surface area contributed by atoms with E-state index in [9.17, 15) is 18.0 Å². The van der Waals surface area contributed by atoms with Crippen LogP contribution in [0.5, 0.6) is 0 Å². The molecule has 1 amide bonds. The summed E-state index contributed by atoms with van der Waals surface area (Å²) in [5.41, 5.74) is -0.502. The summed E-state index contributed by atoms with van der Waals surface area (Å²) in [6, 6.07) is 5.70. The summed E-state index contributed by atoms with van der Waals surface area (Å²) >= 11 is 0. The maximum Gasteiger partial charge on any atom is 0.416 e. The lowest BCUT2D eigenvalue weighted by atomic mass is 10.1. The zero-order valence-corrected chi connectivity index (χ0v) is 11.2. The smallest absolute Gasteiger partial charge is 0.342 e. The van der Waals surface area contributed by atoms with Crippen molar-refractivity contribution in [2.45, 2.75) is 31.6 Å². The van der Waals surface area contributed by atoms with Crippen LogP contribution in [0.3, 0.4) is 0 Å². The third-order valence-electron chi connectivity index (χ3n) is 3.40. The van der Waals surface area contributed by atoms with Crippen LogP contribution in [0.2, 0.25) is 0 Å². The van der Waals surface area contributed by atoms with Gasteiger partial charge in [0.25, 0.3) is 0 Å². The molecule has 0 heterocycles. The van der Waals surface area contributed by atoms with Crippen LogP contribution in [0.15, 0.2) is 24.3 Å². The molecule has 110 valence electrons. The number of hydrogen-bond donors (Lipinski definition) is 1. The zero-order chi connectivity index (χ0) is 14.8. The monoisotopic (exact) mass is 286 g/mol. The van der Waals surface area contributed by atoms with Crippen LogP contribution in [-0.4, -0.2) is 30.4 Å². The van der Waals surface area contributed by atoms with Gasteiger partial charge < -0.3 is 10.2 Å². The van der Waals surface area contributed by atoms with Crippen LogP contribution in [0, 0.1) is 0 Å². The summed E-state index contributed by atoms with van der Waals surface area (Å²) in [4.78, 5) is 13.4. The molecule has 1 aliphatic carbocycles. The van der Waals surface area contributed by atoms with Crippen molar-refractivity contribution in [3.05, 3.63) is 35.4 Å². The molecule has 0 aliphatic heterocycles. The molecule has 1 fully saturated rings. The second-order valence-electron chi connectivity index (χ2n) is 4.99. The fraction of sp³-hybridized carbons (Fsp3) is 0.500. The number of alkyl halides is 3. The van der Waals surface area contributed by atoms with Crippen molar-refractivity contribution in [3.8, 4) is 0 Å². The van der Waals surface area contributed by atoms with Crippen molar-refractivity contribution in [1.82, 2.24) is 10.2 Å². The van der Waals surface area contributed by atoms with Crippen LogP contribution in [0.25, 0.3) is 0 Å². The standard InChI is InChI=1S/C14H17F3N2O/c1-19(11-6-7-11)13(20)9-18-8-10-4-2-3-5-12(10)14(15,16)17/h2-5,11,18H,6-9H2,1H3. The summed E-state index contributed by atoms with van der Waals surface area (Å²) in [5, 5.41) is 2.79. The van der Waals surface area contributed by atoms with Gasteiger partial charge in [0.1, 0.15) is 0 Å². The lowest BCUT2D eigenvalue weighted by Crippen LogP contribution is -2.36. The lowest BCUT2D eigenvalue weighted by Gasteiger charge is -2.17. The minimum absolute atomic E-state index is 0.0277. The first-order valence-corrected chi connectivity index (χ1v) is 6.51. The van der Waals surface area contributed by atoms with Crippen molar-refractivity contribution < 1.29 is 18.0 Å². The first kappa shape index (κ1) is 14.8. The maximum absolute atomic E-state index is 12.8. The summed E-state index contributed by atoms with van der Waals surface area (Å²) in [6.07, 6.45) is -2.34. The van der Waals surface area contributed by atoms with E-state index in [4.69, 9.17) is 0 Å². The highest BCUT2D eigenvalue weighted by Gasteiger charge is 2.33.